The van der Waals surface area contributed by atoms with Crippen molar-refractivity contribution in [2.24, 2.45) is 0 Å². The molecule has 0 spiro atoms. The summed E-state index contributed by atoms with van der Waals surface area (Å²) in [5.41, 5.74) is 1.12. The third-order valence-electron chi connectivity index (χ3n) is 3.89. The van der Waals surface area contributed by atoms with Crippen molar-refractivity contribution in [1.29, 1.82) is 0 Å². The molecule has 150 valence electrons. The van der Waals surface area contributed by atoms with E-state index in [1.807, 2.05) is 6.07 Å². The van der Waals surface area contributed by atoms with E-state index in [4.69, 9.17) is 5.84 Å². The first-order chi connectivity index (χ1) is 14.0. The minimum absolute atomic E-state index is 0.240. The number of aromatic nitrogens is 3. The van der Waals surface area contributed by atoms with Crippen molar-refractivity contribution in [2.75, 3.05) is 12.4 Å². The van der Waals surface area contributed by atoms with Gasteiger partial charge in [0.15, 0.2) is 5.82 Å². The van der Waals surface area contributed by atoms with Crippen LogP contribution in [0.3, 0.4) is 0 Å². The summed E-state index contributed by atoms with van der Waals surface area (Å²) < 4.78 is 14.7. The minimum atomic E-state index is -0.800. The lowest BCUT2D eigenvalue weighted by Crippen LogP contribution is -2.41. The highest BCUT2D eigenvalue weighted by Gasteiger charge is 2.26. The van der Waals surface area contributed by atoms with Crippen LogP contribution in [0.5, 0.6) is 0 Å². The summed E-state index contributed by atoms with van der Waals surface area (Å²) in [4.78, 5) is 24.5. The number of amides is 3. The van der Waals surface area contributed by atoms with Gasteiger partial charge in [-0.1, -0.05) is 54.2 Å². The standard InChI is InChI=1S/C19H19FN6O2S/c1-2-22-18(28)23-17(27)15(12-7-4-3-5-8-12)29-19-25-24-16(26(19)21)13-9-6-10-14(20)11-13/h3-11,15H,2,21H2,1H3,(H2,22,23,27,28)/t15-/m1/s1. The molecule has 1 heterocycles. The average molecular weight is 414 g/mol. The van der Waals surface area contributed by atoms with Crippen LogP contribution in [0.25, 0.3) is 11.4 Å². The van der Waals surface area contributed by atoms with Gasteiger partial charge in [-0.25, -0.2) is 13.9 Å². The SMILES string of the molecule is CCNC(=O)NC(=O)[C@H](Sc1nnc(-c2cccc(F)c2)n1N)c1ccccc1. The van der Waals surface area contributed by atoms with E-state index in [9.17, 15) is 14.0 Å². The first-order valence-electron chi connectivity index (χ1n) is 8.76. The second-order valence-electron chi connectivity index (χ2n) is 5.94. The quantitative estimate of drug-likeness (QED) is 0.422. The van der Waals surface area contributed by atoms with Crippen molar-refractivity contribution >= 4 is 23.7 Å². The van der Waals surface area contributed by atoms with E-state index in [1.54, 1.807) is 43.3 Å². The Morgan fingerprint density at radius 1 is 1.17 bits per heavy atom. The molecule has 29 heavy (non-hydrogen) atoms. The third-order valence-corrected chi connectivity index (χ3v) is 5.10. The Labute approximate surface area is 170 Å². The Morgan fingerprint density at radius 3 is 2.62 bits per heavy atom. The summed E-state index contributed by atoms with van der Waals surface area (Å²) in [7, 11) is 0. The Hall–Kier alpha value is -3.40. The van der Waals surface area contributed by atoms with Crippen molar-refractivity contribution in [3.05, 3.63) is 66.0 Å². The molecular formula is C19H19FN6O2S. The molecule has 4 N–H and O–H groups in total. The summed E-state index contributed by atoms with van der Waals surface area (Å²) in [6.45, 7) is 2.13. The highest BCUT2D eigenvalue weighted by molar-refractivity contribution is 8.00. The zero-order valence-corrected chi connectivity index (χ0v) is 16.3. The number of rotatable bonds is 6. The van der Waals surface area contributed by atoms with Crippen molar-refractivity contribution < 1.29 is 14.0 Å². The molecule has 0 aliphatic carbocycles. The highest BCUT2D eigenvalue weighted by Crippen LogP contribution is 2.35. The maximum atomic E-state index is 13.5. The number of nitrogens with two attached hydrogens (primary N) is 1. The molecule has 10 heteroatoms. The molecule has 1 atom stereocenters. The lowest BCUT2D eigenvalue weighted by molar-refractivity contribution is -0.119. The fraction of sp³-hybridized carbons (Fsp3) is 0.158. The Bertz CT molecular complexity index is 1010. The molecule has 1 aromatic heterocycles. The number of nitrogens with zero attached hydrogens (tertiary/aromatic N) is 3. The number of nitrogens with one attached hydrogen (secondary N) is 2. The van der Waals surface area contributed by atoms with Gasteiger partial charge in [0, 0.05) is 12.1 Å². The monoisotopic (exact) mass is 414 g/mol. The molecule has 0 saturated carbocycles. The van der Waals surface area contributed by atoms with Gasteiger partial charge in [0.1, 0.15) is 11.1 Å². The van der Waals surface area contributed by atoms with Gasteiger partial charge in [-0.05, 0) is 24.6 Å². The molecule has 0 aliphatic rings. The van der Waals surface area contributed by atoms with Gasteiger partial charge < -0.3 is 11.2 Å². The summed E-state index contributed by atoms with van der Waals surface area (Å²) in [5.74, 6) is 5.40. The molecule has 0 saturated heterocycles. The molecule has 0 bridgehead atoms. The summed E-state index contributed by atoms with van der Waals surface area (Å²) in [6, 6.07) is 14.1. The molecular weight excluding hydrogens is 395 g/mol. The van der Waals surface area contributed by atoms with E-state index in [-0.39, 0.29) is 11.0 Å². The van der Waals surface area contributed by atoms with E-state index in [0.29, 0.717) is 17.7 Å². The number of benzene rings is 2. The van der Waals surface area contributed by atoms with Crippen LogP contribution >= 0.6 is 11.8 Å². The molecule has 3 aromatic rings. The number of thioether (sulfide) groups is 1. The topological polar surface area (TPSA) is 115 Å². The fourth-order valence-electron chi connectivity index (χ4n) is 2.57. The number of hydrogen-bond donors (Lipinski definition) is 3. The molecule has 0 unspecified atom stereocenters. The molecule has 2 aromatic carbocycles. The molecule has 0 aliphatic heterocycles. The highest BCUT2D eigenvalue weighted by atomic mass is 32.2. The van der Waals surface area contributed by atoms with Crippen LogP contribution in [0.2, 0.25) is 0 Å². The molecule has 3 amide bonds. The molecule has 0 fully saturated rings. The van der Waals surface area contributed by atoms with Crippen LogP contribution in [0, 0.1) is 5.82 Å². The number of carbonyl (C=O) groups is 2. The van der Waals surface area contributed by atoms with Crippen molar-refractivity contribution in [3.63, 3.8) is 0 Å². The Balaban J connectivity index is 1.88. The second kappa shape index (κ2) is 9.20. The van der Waals surface area contributed by atoms with Crippen LogP contribution < -0.4 is 16.5 Å². The molecule has 3 rings (SSSR count). The summed E-state index contributed by atoms with van der Waals surface area (Å²) >= 11 is 1.03. The second-order valence-corrected chi connectivity index (χ2v) is 7.02. The first-order valence-corrected chi connectivity index (χ1v) is 9.64. The van der Waals surface area contributed by atoms with Gasteiger partial charge in [0.2, 0.25) is 11.1 Å². The Morgan fingerprint density at radius 2 is 1.93 bits per heavy atom. The van der Waals surface area contributed by atoms with Crippen molar-refractivity contribution in [1.82, 2.24) is 25.5 Å². The van der Waals surface area contributed by atoms with Gasteiger partial charge in [0.25, 0.3) is 0 Å². The van der Waals surface area contributed by atoms with E-state index < -0.39 is 23.0 Å². The number of imide groups is 1. The smallest absolute Gasteiger partial charge is 0.321 e. The van der Waals surface area contributed by atoms with E-state index in [0.717, 1.165) is 11.8 Å². The van der Waals surface area contributed by atoms with Crippen LogP contribution in [0.1, 0.15) is 17.7 Å². The van der Waals surface area contributed by atoms with Gasteiger partial charge in [-0.15, -0.1) is 10.2 Å². The minimum Gasteiger partial charge on any atom is -0.338 e. The molecule has 8 nitrogen and oxygen atoms in total. The number of hydrogen-bond acceptors (Lipinski definition) is 6. The average Bonchev–Trinajstić information content (AvgIpc) is 3.07. The lowest BCUT2D eigenvalue weighted by atomic mass is 10.1. The number of urea groups is 1. The maximum absolute atomic E-state index is 13.5. The van der Waals surface area contributed by atoms with E-state index in [2.05, 4.69) is 20.8 Å². The third kappa shape index (κ3) is 4.91. The number of nitrogen functional groups attached to an aromatic ring is 1. The van der Waals surface area contributed by atoms with Crippen LogP contribution in [0.15, 0.2) is 59.8 Å². The van der Waals surface area contributed by atoms with Gasteiger partial charge in [-0.3, -0.25) is 10.1 Å². The van der Waals surface area contributed by atoms with Crippen LogP contribution in [0.4, 0.5) is 9.18 Å². The lowest BCUT2D eigenvalue weighted by Gasteiger charge is -2.16. The zero-order chi connectivity index (χ0) is 20.8. The van der Waals surface area contributed by atoms with Crippen molar-refractivity contribution in [2.45, 2.75) is 17.3 Å². The predicted octanol–water partition coefficient (Wildman–Crippen LogP) is 2.48. The van der Waals surface area contributed by atoms with Gasteiger partial charge in [0.05, 0.1) is 0 Å². The van der Waals surface area contributed by atoms with Crippen LogP contribution in [-0.4, -0.2) is 33.4 Å². The predicted molar refractivity (Wildman–Crippen MR) is 108 cm³/mol. The largest absolute Gasteiger partial charge is 0.338 e. The normalized spacial score (nSPS) is 11.7. The van der Waals surface area contributed by atoms with E-state index in [1.165, 1.54) is 16.8 Å². The van der Waals surface area contributed by atoms with Crippen molar-refractivity contribution in [3.8, 4) is 11.4 Å². The van der Waals surface area contributed by atoms with Gasteiger partial charge >= 0.3 is 6.03 Å². The number of carbonyl (C=O) groups excluding carboxylic acids is 2. The number of halogens is 1. The van der Waals surface area contributed by atoms with Crippen LogP contribution in [-0.2, 0) is 4.79 Å². The summed E-state index contributed by atoms with van der Waals surface area (Å²) in [6.07, 6.45) is 0. The van der Waals surface area contributed by atoms with Gasteiger partial charge in [-0.2, -0.15) is 0 Å². The Kier molecular flexibility index (Phi) is 6.45. The summed E-state index contributed by atoms with van der Waals surface area (Å²) in [5, 5.41) is 12.3. The maximum Gasteiger partial charge on any atom is 0.321 e. The molecule has 0 radical (unpaired) electrons. The first kappa shape index (κ1) is 20.3. The van der Waals surface area contributed by atoms with E-state index >= 15 is 0 Å². The zero-order valence-electron chi connectivity index (χ0n) is 15.5. The fourth-order valence-corrected chi connectivity index (χ4v) is 3.53.